The zero-order chi connectivity index (χ0) is 7.84. The highest BCUT2D eigenvalue weighted by atomic mass is 79.9. The fourth-order valence-electron chi connectivity index (χ4n) is 0.942. The molecule has 0 aromatic carbocycles. The van der Waals surface area contributed by atoms with Crippen molar-refractivity contribution in [3.05, 3.63) is 29.0 Å². The lowest BCUT2D eigenvalue weighted by Gasteiger charge is -1.93. The Balaban J connectivity index is 2.86. The first-order valence-electron chi connectivity index (χ1n) is 3.09. The predicted molar refractivity (Wildman–Crippen MR) is 44.6 cm³/mol. The Morgan fingerprint density at radius 2 is 2.36 bits per heavy atom. The molecule has 0 aliphatic heterocycles. The maximum absolute atomic E-state index is 9.19. The van der Waals surface area contributed by atoms with Gasteiger partial charge >= 0.3 is 0 Å². The highest BCUT2D eigenvalue weighted by Gasteiger charge is 1.99. The topological polar surface area (TPSA) is 37.5 Å². The maximum Gasteiger partial charge on any atom is 0.215 e. The van der Waals surface area contributed by atoms with E-state index >= 15 is 0 Å². The van der Waals surface area contributed by atoms with Crippen molar-refractivity contribution in [2.75, 3.05) is 0 Å². The van der Waals surface area contributed by atoms with Crippen LogP contribution in [-0.2, 0) is 0 Å². The number of imidazole rings is 1. The fraction of sp³-hybridized carbons (Fsp3) is 0. The summed E-state index contributed by atoms with van der Waals surface area (Å²) in [7, 11) is 0. The van der Waals surface area contributed by atoms with Gasteiger partial charge in [0.1, 0.15) is 5.65 Å². The van der Waals surface area contributed by atoms with Crippen LogP contribution in [0.25, 0.3) is 5.65 Å². The highest BCUT2D eigenvalue weighted by Crippen LogP contribution is 2.16. The molecule has 0 aliphatic carbocycles. The first kappa shape index (κ1) is 6.67. The predicted octanol–water partition coefficient (Wildman–Crippen LogP) is 1.80. The van der Waals surface area contributed by atoms with E-state index in [-0.39, 0.29) is 5.88 Å². The summed E-state index contributed by atoms with van der Waals surface area (Å²) in [5.74, 6) is 0.160. The van der Waals surface area contributed by atoms with Crippen LogP contribution in [0.2, 0.25) is 0 Å². The summed E-state index contributed by atoms with van der Waals surface area (Å²) in [5, 5.41) is 9.19. The summed E-state index contributed by atoms with van der Waals surface area (Å²) in [4.78, 5) is 3.96. The number of rotatable bonds is 0. The molecule has 56 valence electrons. The van der Waals surface area contributed by atoms with Crippen molar-refractivity contribution in [1.82, 2.24) is 9.38 Å². The molecule has 0 radical (unpaired) electrons. The number of fused-ring (bicyclic) bond motifs is 1. The Morgan fingerprint density at radius 3 is 3.18 bits per heavy atom. The molecule has 0 saturated heterocycles. The Hall–Kier alpha value is -1.03. The average molecular weight is 213 g/mol. The number of nitrogens with zero attached hydrogens (tertiary/aromatic N) is 2. The third-order valence-corrected chi connectivity index (χ3v) is 1.95. The average Bonchev–Trinajstić information content (AvgIpc) is 2.32. The van der Waals surface area contributed by atoms with Gasteiger partial charge in [-0.15, -0.1) is 0 Å². The molecule has 2 heterocycles. The van der Waals surface area contributed by atoms with Crippen LogP contribution in [0.4, 0.5) is 0 Å². The zero-order valence-electron chi connectivity index (χ0n) is 5.53. The Morgan fingerprint density at radius 1 is 1.55 bits per heavy atom. The van der Waals surface area contributed by atoms with Crippen molar-refractivity contribution in [3.63, 3.8) is 0 Å². The van der Waals surface area contributed by atoms with Gasteiger partial charge in [-0.3, -0.25) is 4.40 Å². The van der Waals surface area contributed by atoms with E-state index in [4.69, 9.17) is 0 Å². The lowest BCUT2D eigenvalue weighted by molar-refractivity contribution is 0.448. The Kier molecular flexibility index (Phi) is 1.35. The van der Waals surface area contributed by atoms with Gasteiger partial charge < -0.3 is 5.11 Å². The van der Waals surface area contributed by atoms with Crippen LogP contribution in [0, 0.1) is 0 Å². The van der Waals surface area contributed by atoms with Crippen molar-refractivity contribution >= 4 is 21.6 Å². The van der Waals surface area contributed by atoms with Gasteiger partial charge in [0.15, 0.2) is 0 Å². The molecule has 11 heavy (non-hydrogen) atoms. The molecule has 0 fully saturated rings. The van der Waals surface area contributed by atoms with Crippen LogP contribution in [0.3, 0.4) is 0 Å². The molecular formula is C7H5BrN2O. The molecule has 3 nitrogen and oxygen atoms in total. The normalized spacial score (nSPS) is 10.6. The van der Waals surface area contributed by atoms with Crippen LogP contribution in [0.15, 0.2) is 29.0 Å². The van der Waals surface area contributed by atoms with Crippen LogP contribution < -0.4 is 0 Å². The minimum absolute atomic E-state index is 0.160. The van der Waals surface area contributed by atoms with E-state index < -0.39 is 0 Å². The largest absolute Gasteiger partial charge is 0.493 e. The van der Waals surface area contributed by atoms with Gasteiger partial charge in [0.2, 0.25) is 5.88 Å². The summed E-state index contributed by atoms with van der Waals surface area (Å²) in [6.45, 7) is 0. The second-order valence-electron chi connectivity index (χ2n) is 2.19. The standard InChI is InChI=1S/C7H5BrN2O/c8-5-1-2-10-6(3-5)9-4-7(10)11/h1-4,11H. The van der Waals surface area contributed by atoms with Gasteiger partial charge in [-0.25, -0.2) is 4.98 Å². The van der Waals surface area contributed by atoms with Gasteiger partial charge in [0.05, 0.1) is 6.20 Å². The molecule has 4 heteroatoms. The van der Waals surface area contributed by atoms with Crippen molar-refractivity contribution in [2.24, 2.45) is 0 Å². The zero-order valence-corrected chi connectivity index (χ0v) is 7.12. The lowest BCUT2D eigenvalue weighted by Crippen LogP contribution is -1.81. The molecule has 0 saturated carbocycles. The summed E-state index contributed by atoms with van der Waals surface area (Å²) in [6.07, 6.45) is 3.17. The Labute approximate surface area is 71.4 Å². The maximum atomic E-state index is 9.19. The summed E-state index contributed by atoms with van der Waals surface area (Å²) < 4.78 is 2.56. The van der Waals surface area contributed by atoms with E-state index in [0.29, 0.717) is 0 Å². The molecule has 0 aliphatic rings. The van der Waals surface area contributed by atoms with Crippen LogP contribution in [-0.4, -0.2) is 14.5 Å². The first-order chi connectivity index (χ1) is 5.27. The molecule has 0 atom stereocenters. The van der Waals surface area contributed by atoms with Crippen molar-refractivity contribution < 1.29 is 5.11 Å². The van der Waals surface area contributed by atoms with E-state index in [1.54, 1.807) is 10.6 Å². The summed E-state index contributed by atoms with van der Waals surface area (Å²) in [6, 6.07) is 3.67. The SMILES string of the molecule is Oc1cnc2cc(Br)ccn12. The second kappa shape index (κ2) is 2.23. The van der Waals surface area contributed by atoms with Gasteiger partial charge in [0.25, 0.3) is 0 Å². The van der Waals surface area contributed by atoms with Gasteiger partial charge in [0, 0.05) is 10.7 Å². The monoisotopic (exact) mass is 212 g/mol. The summed E-state index contributed by atoms with van der Waals surface area (Å²) in [5.41, 5.74) is 0.733. The number of halogens is 1. The molecule has 0 amide bonds. The molecule has 0 spiro atoms. The molecule has 2 aromatic rings. The minimum Gasteiger partial charge on any atom is -0.493 e. The molecule has 0 unspecified atom stereocenters. The van der Waals surface area contributed by atoms with Gasteiger partial charge in [-0.1, -0.05) is 15.9 Å². The summed E-state index contributed by atoms with van der Waals surface area (Å²) >= 11 is 3.31. The van der Waals surface area contributed by atoms with Crippen molar-refractivity contribution in [3.8, 4) is 5.88 Å². The van der Waals surface area contributed by atoms with Gasteiger partial charge in [-0.05, 0) is 12.1 Å². The van der Waals surface area contributed by atoms with Crippen molar-refractivity contribution in [2.45, 2.75) is 0 Å². The Bertz CT molecular complexity index is 396. The minimum atomic E-state index is 0.160. The number of aromatic hydroxyl groups is 1. The number of hydrogen-bond acceptors (Lipinski definition) is 2. The molecule has 2 rings (SSSR count). The smallest absolute Gasteiger partial charge is 0.215 e. The third-order valence-electron chi connectivity index (χ3n) is 1.46. The van der Waals surface area contributed by atoms with Crippen LogP contribution in [0.5, 0.6) is 5.88 Å². The lowest BCUT2D eigenvalue weighted by atomic mass is 10.5. The van der Waals surface area contributed by atoms with Crippen LogP contribution >= 0.6 is 15.9 Å². The molecule has 2 aromatic heterocycles. The third kappa shape index (κ3) is 0.991. The molecule has 1 N–H and O–H groups in total. The highest BCUT2D eigenvalue weighted by molar-refractivity contribution is 9.10. The number of pyridine rings is 1. The van der Waals surface area contributed by atoms with E-state index in [2.05, 4.69) is 20.9 Å². The number of aromatic nitrogens is 2. The van der Waals surface area contributed by atoms with E-state index in [1.165, 1.54) is 6.20 Å². The molecule has 0 bridgehead atoms. The van der Waals surface area contributed by atoms with E-state index in [0.717, 1.165) is 10.1 Å². The first-order valence-corrected chi connectivity index (χ1v) is 3.88. The van der Waals surface area contributed by atoms with E-state index in [1.807, 2.05) is 12.1 Å². The van der Waals surface area contributed by atoms with Gasteiger partial charge in [-0.2, -0.15) is 0 Å². The molecular weight excluding hydrogens is 208 g/mol. The second-order valence-corrected chi connectivity index (χ2v) is 3.11. The fourth-order valence-corrected chi connectivity index (χ4v) is 1.27. The quantitative estimate of drug-likeness (QED) is 0.724. The number of hydrogen-bond donors (Lipinski definition) is 1. The van der Waals surface area contributed by atoms with E-state index in [9.17, 15) is 5.11 Å². The van der Waals surface area contributed by atoms with Crippen molar-refractivity contribution in [1.29, 1.82) is 0 Å². The van der Waals surface area contributed by atoms with Crippen LogP contribution in [0.1, 0.15) is 0 Å².